The van der Waals surface area contributed by atoms with Crippen molar-refractivity contribution in [2.75, 3.05) is 13.1 Å². The molecule has 5 heteroatoms. The minimum atomic E-state index is 0.140. The van der Waals surface area contributed by atoms with Crippen LogP contribution in [0.4, 0.5) is 0 Å². The van der Waals surface area contributed by atoms with E-state index in [4.69, 9.17) is 11.6 Å². The van der Waals surface area contributed by atoms with Crippen LogP contribution in [0.25, 0.3) is 0 Å². The van der Waals surface area contributed by atoms with Gasteiger partial charge in [-0.3, -0.25) is 4.79 Å². The van der Waals surface area contributed by atoms with Crippen LogP contribution in [-0.4, -0.2) is 35.7 Å². The van der Waals surface area contributed by atoms with Crippen LogP contribution in [0, 0.1) is 5.92 Å². The van der Waals surface area contributed by atoms with Gasteiger partial charge in [-0.2, -0.15) is 5.10 Å². The standard InChI is InChI=1S/C14H16ClN3O/c1-9(19)18-7-6-13-12(8-18)14(17-16-13)10-2-4-11(15)5-3-10/h2-5,12-13,16H,6-8H2,1H3/t12-,13-/m0/s1. The number of rotatable bonds is 1. The van der Waals surface area contributed by atoms with Crippen LogP contribution in [0.3, 0.4) is 0 Å². The minimum Gasteiger partial charge on any atom is -0.342 e. The van der Waals surface area contributed by atoms with Crippen LogP contribution in [0.5, 0.6) is 0 Å². The number of fused-ring (bicyclic) bond motifs is 1. The third kappa shape index (κ3) is 2.32. The van der Waals surface area contributed by atoms with E-state index in [9.17, 15) is 4.79 Å². The molecule has 2 heterocycles. The first-order valence-corrected chi connectivity index (χ1v) is 6.87. The summed E-state index contributed by atoms with van der Waals surface area (Å²) in [6.07, 6.45) is 0.949. The molecule has 4 nitrogen and oxygen atoms in total. The summed E-state index contributed by atoms with van der Waals surface area (Å²) in [7, 11) is 0. The van der Waals surface area contributed by atoms with Crippen LogP contribution >= 0.6 is 11.6 Å². The summed E-state index contributed by atoms with van der Waals surface area (Å²) in [4.78, 5) is 13.4. The van der Waals surface area contributed by atoms with Gasteiger partial charge < -0.3 is 10.3 Å². The monoisotopic (exact) mass is 277 g/mol. The minimum absolute atomic E-state index is 0.140. The van der Waals surface area contributed by atoms with E-state index < -0.39 is 0 Å². The Kier molecular flexibility index (Phi) is 3.19. The molecule has 1 fully saturated rings. The Bertz CT molecular complexity index is 526. The maximum atomic E-state index is 11.5. The molecule has 1 aromatic rings. The third-order valence-corrected chi connectivity index (χ3v) is 4.15. The lowest BCUT2D eigenvalue weighted by atomic mass is 9.86. The number of hydrazone groups is 1. The fourth-order valence-electron chi connectivity index (χ4n) is 2.80. The molecule has 1 N–H and O–H groups in total. The molecule has 2 aliphatic heterocycles. The fraction of sp³-hybridized carbons (Fsp3) is 0.429. The van der Waals surface area contributed by atoms with E-state index in [-0.39, 0.29) is 11.8 Å². The average Bonchev–Trinajstić information content (AvgIpc) is 2.82. The number of carbonyl (C=O) groups excluding carboxylic acids is 1. The second-order valence-electron chi connectivity index (χ2n) is 5.10. The SMILES string of the molecule is CC(=O)N1CC[C@@H]2NN=C(c3ccc(Cl)cc3)[C@H]2C1. The predicted molar refractivity (Wildman–Crippen MR) is 75.3 cm³/mol. The summed E-state index contributed by atoms with van der Waals surface area (Å²) in [5, 5.41) is 5.18. The molecule has 0 saturated carbocycles. The molecule has 1 amide bonds. The van der Waals surface area contributed by atoms with E-state index in [2.05, 4.69) is 10.5 Å². The molecule has 1 aromatic carbocycles. The van der Waals surface area contributed by atoms with E-state index in [1.807, 2.05) is 29.2 Å². The number of amides is 1. The van der Waals surface area contributed by atoms with Gasteiger partial charge in [-0.1, -0.05) is 23.7 Å². The first-order chi connectivity index (χ1) is 9.15. The van der Waals surface area contributed by atoms with Crippen molar-refractivity contribution in [2.45, 2.75) is 19.4 Å². The number of benzene rings is 1. The Morgan fingerprint density at radius 3 is 2.84 bits per heavy atom. The van der Waals surface area contributed by atoms with Gasteiger partial charge in [-0.15, -0.1) is 0 Å². The topological polar surface area (TPSA) is 44.7 Å². The van der Waals surface area contributed by atoms with Crippen molar-refractivity contribution in [1.29, 1.82) is 0 Å². The Hall–Kier alpha value is -1.55. The molecule has 19 heavy (non-hydrogen) atoms. The summed E-state index contributed by atoms with van der Waals surface area (Å²) in [5.74, 6) is 0.416. The van der Waals surface area contributed by atoms with Crippen LogP contribution < -0.4 is 5.43 Å². The second-order valence-corrected chi connectivity index (χ2v) is 5.54. The zero-order valence-electron chi connectivity index (χ0n) is 10.8. The van der Waals surface area contributed by atoms with Gasteiger partial charge in [0.25, 0.3) is 0 Å². The Labute approximate surface area is 117 Å². The molecule has 0 unspecified atom stereocenters. The van der Waals surface area contributed by atoms with Crippen LogP contribution in [-0.2, 0) is 4.79 Å². The first kappa shape index (κ1) is 12.5. The lowest BCUT2D eigenvalue weighted by Gasteiger charge is -2.34. The number of likely N-dealkylation sites (tertiary alicyclic amines) is 1. The van der Waals surface area contributed by atoms with Crippen molar-refractivity contribution in [3.05, 3.63) is 34.9 Å². The average molecular weight is 278 g/mol. The third-order valence-electron chi connectivity index (χ3n) is 3.90. The van der Waals surface area contributed by atoms with Gasteiger partial charge >= 0.3 is 0 Å². The summed E-state index contributed by atoms with van der Waals surface area (Å²) in [5.41, 5.74) is 5.31. The van der Waals surface area contributed by atoms with Gasteiger partial charge in [0.05, 0.1) is 11.8 Å². The summed E-state index contributed by atoms with van der Waals surface area (Å²) >= 11 is 5.91. The van der Waals surface area contributed by atoms with Gasteiger partial charge in [0.1, 0.15) is 0 Å². The summed E-state index contributed by atoms with van der Waals surface area (Å²) in [6, 6.07) is 8.06. The van der Waals surface area contributed by atoms with Crippen molar-refractivity contribution in [2.24, 2.45) is 11.0 Å². The molecule has 0 aromatic heterocycles. The van der Waals surface area contributed by atoms with Crippen molar-refractivity contribution >= 4 is 23.2 Å². The number of hydrogen-bond acceptors (Lipinski definition) is 3. The highest BCUT2D eigenvalue weighted by Crippen LogP contribution is 2.26. The first-order valence-electron chi connectivity index (χ1n) is 6.49. The van der Waals surface area contributed by atoms with Gasteiger partial charge in [-0.05, 0) is 24.1 Å². The Morgan fingerprint density at radius 2 is 2.16 bits per heavy atom. The van der Waals surface area contributed by atoms with Crippen molar-refractivity contribution in [3.63, 3.8) is 0 Å². The Balaban J connectivity index is 1.83. The van der Waals surface area contributed by atoms with Gasteiger partial charge in [0.15, 0.2) is 0 Å². The Morgan fingerprint density at radius 1 is 1.42 bits per heavy atom. The van der Waals surface area contributed by atoms with Gasteiger partial charge in [0, 0.05) is 31.0 Å². The number of halogens is 1. The smallest absolute Gasteiger partial charge is 0.219 e. The predicted octanol–water partition coefficient (Wildman–Crippen LogP) is 1.88. The molecule has 0 radical (unpaired) electrons. The van der Waals surface area contributed by atoms with Crippen LogP contribution in [0.15, 0.2) is 29.4 Å². The zero-order chi connectivity index (χ0) is 13.4. The van der Waals surface area contributed by atoms with E-state index in [1.165, 1.54) is 0 Å². The van der Waals surface area contributed by atoms with Crippen LogP contribution in [0.2, 0.25) is 5.02 Å². The van der Waals surface area contributed by atoms with Gasteiger partial charge in [0.2, 0.25) is 5.91 Å². The van der Waals surface area contributed by atoms with Crippen molar-refractivity contribution in [3.8, 4) is 0 Å². The van der Waals surface area contributed by atoms with Crippen molar-refractivity contribution < 1.29 is 4.79 Å². The molecular formula is C14H16ClN3O. The summed E-state index contributed by atoms with van der Waals surface area (Å²) < 4.78 is 0. The van der Waals surface area contributed by atoms with E-state index in [0.717, 1.165) is 35.8 Å². The number of nitrogens with zero attached hydrogens (tertiary/aromatic N) is 2. The highest BCUT2D eigenvalue weighted by molar-refractivity contribution is 6.30. The second kappa shape index (κ2) is 4.85. The number of carbonyl (C=O) groups is 1. The van der Waals surface area contributed by atoms with Crippen LogP contribution in [0.1, 0.15) is 18.9 Å². The molecule has 2 aliphatic rings. The number of hydrogen-bond donors (Lipinski definition) is 1. The highest BCUT2D eigenvalue weighted by Gasteiger charge is 2.37. The number of piperidine rings is 1. The van der Waals surface area contributed by atoms with E-state index in [0.29, 0.717) is 6.04 Å². The quantitative estimate of drug-likeness (QED) is 0.852. The molecule has 0 spiro atoms. The highest BCUT2D eigenvalue weighted by atomic mass is 35.5. The molecule has 3 rings (SSSR count). The largest absolute Gasteiger partial charge is 0.342 e. The lowest BCUT2D eigenvalue weighted by molar-refractivity contribution is -0.130. The zero-order valence-corrected chi connectivity index (χ0v) is 11.5. The molecule has 1 saturated heterocycles. The van der Waals surface area contributed by atoms with Crippen molar-refractivity contribution in [1.82, 2.24) is 10.3 Å². The maximum Gasteiger partial charge on any atom is 0.219 e. The summed E-state index contributed by atoms with van der Waals surface area (Å²) in [6.45, 7) is 3.18. The van der Waals surface area contributed by atoms with E-state index >= 15 is 0 Å². The normalized spacial score (nSPS) is 25.6. The number of nitrogens with one attached hydrogen (secondary N) is 1. The van der Waals surface area contributed by atoms with Gasteiger partial charge in [-0.25, -0.2) is 0 Å². The molecule has 0 bridgehead atoms. The van der Waals surface area contributed by atoms with E-state index in [1.54, 1.807) is 6.92 Å². The lowest BCUT2D eigenvalue weighted by Crippen LogP contribution is -2.48. The molecule has 0 aliphatic carbocycles. The molecule has 2 atom stereocenters. The maximum absolute atomic E-state index is 11.5. The fourth-order valence-corrected chi connectivity index (χ4v) is 2.93. The molecular weight excluding hydrogens is 262 g/mol. The molecule has 100 valence electrons.